The van der Waals surface area contributed by atoms with Crippen LogP contribution in [0.3, 0.4) is 0 Å². The van der Waals surface area contributed by atoms with Crippen molar-refractivity contribution in [1.29, 1.82) is 0 Å². The fraction of sp³-hybridized carbons (Fsp3) is 0.150. The number of methoxy groups -OCH3 is 1. The van der Waals surface area contributed by atoms with Crippen LogP contribution < -0.4 is 4.74 Å². The van der Waals surface area contributed by atoms with Crippen molar-refractivity contribution in [2.75, 3.05) is 20.3 Å². The molecule has 0 radical (unpaired) electrons. The van der Waals surface area contributed by atoms with E-state index in [0.717, 1.165) is 38.9 Å². The molecule has 24 heavy (non-hydrogen) atoms. The molecule has 4 aromatic rings. The van der Waals surface area contributed by atoms with Crippen LogP contribution in [0.2, 0.25) is 0 Å². The maximum Gasteiger partial charge on any atom is 0.142 e. The number of H-pyrrole nitrogens is 1. The summed E-state index contributed by atoms with van der Waals surface area (Å²) in [5, 5.41) is 2.28. The number of fused-ring (bicyclic) bond motifs is 2. The molecular weight excluding hydrogens is 300 g/mol. The lowest BCUT2D eigenvalue weighted by molar-refractivity contribution is 0.146. The average Bonchev–Trinajstić information content (AvgIpc) is 3.05. The van der Waals surface area contributed by atoms with Gasteiger partial charge < -0.3 is 14.5 Å². The molecule has 0 saturated heterocycles. The van der Waals surface area contributed by atoms with E-state index >= 15 is 0 Å². The molecule has 0 unspecified atom stereocenters. The van der Waals surface area contributed by atoms with Gasteiger partial charge in [0, 0.05) is 7.11 Å². The zero-order valence-corrected chi connectivity index (χ0v) is 13.5. The molecule has 4 rings (SSSR count). The van der Waals surface area contributed by atoms with Crippen molar-refractivity contribution in [1.82, 2.24) is 9.97 Å². The van der Waals surface area contributed by atoms with E-state index in [4.69, 9.17) is 14.5 Å². The highest BCUT2D eigenvalue weighted by Gasteiger charge is 2.15. The molecule has 0 aliphatic heterocycles. The van der Waals surface area contributed by atoms with Gasteiger partial charge in [-0.05, 0) is 29.0 Å². The van der Waals surface area contributed by atoms with E-state index in [0.29, 0.717) is 13.2 Å². The number of aromatic amines is 1. The van der Waals surface area contributed by atoms with Gasteiger partial charge in [0.2, 0.25) is 0 Å². The second kappa shape index (κ2) is 6.34. The van der Waals surface area contributed by atoms with Crippen LogP contribution in [0.25, 0.3) is 33.2 Å². The highest BCUT2D eigenvalue weighted by Crippen LogP contribution is 2.36. The van der Waals surface area contributed by atoms with Gasteiger partial charge >= 0.3 is 0 Å². The van der Waals surface area contributed by atoms with Crippen molar-refractivity contribution in [3.05, 3.63) is 60.7 Å². The molecule has 1 aromatic heterocycles. The third-order valence-electron chi connectivity index (χ3n) is 4.06. The molecule has 4 nitrogen and oxygen atoms in total. The van der Waals surface area contributed by atoms with Crippen LogP contribution in [0.15, 0.2) is 60.7 Å². The van der Waals surface area contributed by atoms with E-state index in [9.17, 15) is 0 Å². The Labute approximate surface area is 140 Å². The Morgan fingerprint density at radius 1 is 0.917 bits per heavy atom. The molecule has 0 aliphatic rings. The number of benzene rings is 3. The topological polar surface area (TPSA) is 47.1 Å². The van der Waals surface area contributed by atoms with Crippen LogP contribution in [0, 0.1) is 0 Å². The molecule has 4 heteroatoms. The number of nitrogens with one attached hydrogen (secondary N) is 1. The minimum atomic E-state index is 0.502. The molecule has 1 N–H and O–H groups in total. The molecule has 0 fully saturated rings. The van der Waals surface area contributed by atoms with Crippen molar-refractivity contribution >= 4 is 21.8 Å². The zero-order valence-electron chi connectivity index (χ0n) is 13.5. The first-order valence-corrected chi connectivity index (χ1v) is 7.95. The summed E-state index contributed by atoms with van der Waals surface area (Å²) in [4.78, 5) is 8.17. The van der Waals surface area contributed by atoms with Gasteiger partial charge in [-0.3, -0.25) is 0 Å². The summed E-state index contributed by atoms with van der Waals surface area (Å²) < 4.78 is 11.0. The molecule has 0 bridgehead atoms. The predicted octanol–water partition coefficient (Wildman–Crippen LogP) is 4.41. The number of rotatable bonds is 5. The van der Waals surface area contributed by atoms with Gasteiger partial charge in [-0.1, -0.05) is 42.5 Å². The Morgan fingerprint density at radius 2 is 1.75 bits per heavy atom. The van der Waals surface area contributed by atoms with E-state index in [2.05, 4.69) is 23.2 Å². The molecule has 0 atom stereocenters. The van der Waals surface area contributed by atoms with Crippen LogP contribution in [-0.4, -0.2) is 30.3 Å². The monoisotopic (exact) mass is 318 g/mol. The summed E-state index contributed by atoms with van der Waals surface area (Å²) in [5.41, 5.74) is 2.95. The lowest BCUT2D eigenvalue weighted by Gasteiger charge is -2.12. The number of aromatic nitrogens is 2. The van der Waals surface area contributed by atoms with E-state index in [1.165, 1.54) is 0 Å². The van der Waals surface area contributed by atoms with Crippen molar-refractivity contribution in [3.8, 4) is 17.1 Å². The summed E-state index contributed by atoms with van der Waals surface area (Å²) in [5.74, 6) is 1.63. The molecule has 0 saturated carbocycles. The van der Waals surface area contributed by atoms with Crippen molar-refractivity contribution in [3.63, 3.8) is 0 Å². The van der Waals surface area contributed by atoms with E-state index in [-0.39, 0.29) is 0 Å². The van der Waals surface area contributed by atoms with Crippen LogP contribution in [0.1, 0.15) is 0 Å². The quantitative estimate of drug-likeness (QED) is 0.555. The van der Waals surface area contributed by atoms with Crippen LogP contribution in [0.5, 0.6) is 5.75 Å². The Hall–Kier alpha value is -2.85. The largest absolute Gasteiger partial charge is 0.490 e. The SMILES string of the molecule is COCCOc1ccc2ccccc2c1-c1nc2ccccc2[nH]1. The van der Waals surface area contributed by atoms with E-state index in [1.807, 2.05) is 42.5 Å². The van der Waals surface area contributed by atoms with E-state index in [1.54, 1.807) is 7.11 Å². The molecule has 120 valence electrons. The van der Waals surface area contributed by atoms with Crippen LogP contribution in [0.4, 0.5) is 0 Å². The predicted molar refractivity (Wildman–Crippen MR) is 96.4 cm³/mol. The summed E-state index contributed by atoms with van der Waals surface area (Å²) in [6.45, 7) is 1.05. The normalized spacial score (nSPS) is 11.2. The first-order valence-electron chi connectivity index (χ1n) is 7.95. The Bertz CT molecular complexity index is 958. The van der Waals surface area contributed by atoms with Gasteiger partial charge in [0.15, 0.2) is 0 Å². The highest BCUT2D eigenvalue weighted by molar-refractivity contribution is 5.99. The van der Waals surface area contributed by atoms with Gasteiger partial charge in [-0.15, -0.1) is 0 Å². The number of hydrogen-bond acceptors (Lipinski definition) is 3. The second-order valence-electron chi connectivity index (χ2n) is 5.60. The second-order valence-corrected chi connectivity index (χ2v) is 5.60. The molecule has 3 aromatic carbocycles. The third kappa shape index (κ3) is 2.61. The average molecular weight is 318 g/mol. The van der Waals surface area contributed by atoms with Crippen molar-refractivity contribution in [2.45, 2.75) is 0 Å². The standard InChI is InChI=1S/C20H18N2O2/c1-23-12-13-24-18-11-10-14-6-2-3-7-15(14)19(18)20-21-16-8-4-5-9-17(16)22-20/h2-11H,12-13H2,1H3,(H,21,22). The van der Waals surface area contributed by atoms with Crippen molar-refractivity contribution in [2.24, 2.45) is 0 Å². The fourth-order valence-electron chi connectivity index (χ4n) is 2.92. The minimum absolute atomic E-state index is 0.502. The van der Waals surface area contributed by atoms with Gasteiger partial charge in [0.25, 0.3) is 0 Å². The maximum absolute atomic E-state index is 5.95. The summed E-state index contributed by atoms with van der Waals surface area (Å²) >= 11 is 0. The van der Waals surface area contributed by atoms with E-state index < -0.39 is 0 Å². The van der Waals surface area contributed by atoms with Crippen LogP contribution >= 0.6 is 0 Å². The lowest BCUT2D eigenvalue weighted by Crippen LogP contribution is -2.05. The fourth-order valence-corrected chi connectivity index (χ4v) is 2.92. The summed E-state index contributed by atoms with van der Waals surface area (Å²) in [7, 11) is 1.67. The first kappa shape index (κ1) is 14.7. The lowest BCUT2D eigenvalue weighted by atomic mass is 10.0. The summed E-state index contributed by atoms with van der Waals surface area (Å²) in [6, 6.07) is 20.4. The Morgan fingerprint density at radius 3 is 2.62 bits per heavy atom. The molecule has 0 spiro atoms. The molecule has 0 aliphatic carbocycles. The smallest absolute Gasteiger partial charge is 0.142 e. The minimum Gasteiger partial charge on any atom is -0.490 e. The number of hydrogen-bond donors (Lipinski definition) is 1. The zero-order chi connectivity index (χ0) is 16.4. The van der Waals surface area contributed by atoms with Gasteiger partial charge in [0.05, 0.1) is 23.2 Å². The molecule has 0 amide bonds. The van der Waals surface area contributed by atoms with Crippen molar-refractivity contribution < 1.29 is 9.47 Å². The number of ether oxygens (including phenoxy) is 2. The highest BCUT2D eigenvalue weighted by atomic mass is 16.5. The Balaban J connectivity index is 1.91. The maximum atomic E-state index is 5.95. The summed E-state index contributed by atoms with van der Waals surface area (Å²) in [6.07, 6.45) is 0. The first-order chi connectivity index (χ1) is 11.9. The number of imidazole rings is 1. The van der Waals surface area contributed by atoms with Gasteiger partial charge in [-0.25, -0.2) is 4.98 Å². The number of para-hydroxylation sites is 2. The van der Waals surface area contributed by atoms with Crippen LogP contribution in [-0.2, 0) is 4.74 Å². The van der Waals surface area contributed by atoms with Gasteiger partial charge in [-0.2, -0.15) is 0 Å². The molecular formula is C20H18N2O2. The van der Waals surface area contributed by atoms with Gasteiger partial charge in [0.1, 0.15) is 18.2 Å². The third-order valence-corrected chi connectivity index (χ3v) is 4.06. The Kier molecular flexibility index (Phi) is 3.89. The number of nitrogens with zero attached hydrogens (tertiary/aromatic N) is 1. The molecule has 1 heterocycles.